The van der Waals surface area contributed by atoms with E-state index in [1.807, 2.05) is 0 Å². The number of hydrogen-bond acceptors (Lipinski definition) is 4. The fourth-order valence-electron chi connectivity index (χ4n) is 5.03. The third kappa shape index (κ3) is 2.93. The molecule has 2 aliphatic carbocycles. The largest absolute Gasteiger partial charge is 0.380 e. The minimum Gasteiger partial charge on any atom is -0.380 e. The van der Waals surface area contributed by atoms with E-state index in [-0.39, 0.29) is 11.7 Å². The number of rotatable bonds is 1. The smallest absolute Gasteiger partial charge is 0.354 e. The van der Waals surface area contributed by atoms with Crippen molar-refractivity contribution in [2.24, 2.45) is 9.78 Å². The van der Waals surface area contributed by atoms with Gasteiger partial charge < -0.3 is 10.1 Å². The number of ether oxygens (including phenoxy) is 1. The monoisotopic (exact) mass is 403 g/mol. The van der Waals surface area contributed by atoms with Gasteiger partial charge in [-0.15, -0.1) is 4.36 Å². The summed E-state index contributed by atoms with van der Waals surface area (Å²) in [6.45, 7) is 0.888. The van der Waals surface area contributed by atoms with Crippen molar-refractivity contribution in [3.05, 3.63) is 28.3 Å². The Morgan fingerprint density at radius 1 is 1.14 bits per heavy atom. The molecule has 2 heterocycles. The molecular formula is C20H25N3O4S. The Balaban J connectivity index is 1.40. The summed E-state index contributed by atoms with van der Waals surface area (Å²) in [6.07, 6.45) is 7.23. The highest BCUT2D eigenvalue weighted by molar-refractivity contribution is 7.92. The normalized spacial score (nSPS) is 30.8. The highest BCUT2D eigenvalue weighted by Crippen LogP contribution is 2.39. The Morgan fingerprint density at radius 3 is 2.46 bits per heavy atom. The van der Waals surface area contributed by atoms with Crippen molar-refractivity contribution in [3.8, 4) is 0 Å². The van der Waals surface area contributed by atoms with E-state index in [1.54, 1.807) is 0 Å². The van der Waals surface area contributed by atoms with Crippen LogP contribution in [0, 0.1) is 5.41 Å². The lowest BCUT2D eigenvalue weighted by Gasteiger charge is -2.31. The van der Waals surface area contributed by atoms with E-state index in [1.165, 1.54) is 22.3 Å². The van der Waals surface area contributed by atoms with Gasteiger partial charge in [-0.25, -0.2) is 9.00 Å². The SMILES string of the molecule is O=C(N=S1(=O)CCC2(CCOC2)C(=O)N1)Nc1c2c(cc3c1CCC3)CCC2. The van der Waals surface area contributed by atoms with Gasteiger partial charge in [0, 0.05) is 12.3 Å². The number of aryl methyl sites for hydroxylation is 2. The van der Waals surface area contributed by atoms with E-state index in [4.69, 9.17) is 4.74 Å². The van der Waals surface area contributed by atoms with Crippen molar-refractivity contribution in [1.82, 2.24) is 4.72 Å². The molecule has 2 saturated heterocycles. The highest BCUT2D eigenvalue weighted by atomic mass is 32.2. The van der Waals surface area contributed by atoms with Gasteiger partial charge in [0.15, 0.2) is 0 Å². The summed E-state index contributed by atoms with van der Waals surface area (Å²) in [6, 6.07) is 1.67. The lowest BCUT2D eigenvalue weighted by atomic mass is 9.84. The second-order valence-electron chi connectivity index (χ2n) is 8.36. The van der Waals surface area contributed by atoms with Gasteiger partial charge in [0.25, 0.3) is 0 Å². The van der Waals surface area contributed by atoms with E-state index in [2.05, 4.69) is 20.5 Å². The van der Waals surface area contributed by atoms with Crippen molar-refractivity contribution in [1.29, 1.82) is 0 Å². The number of hydrogen-bond donors (Lipinski definition) is 2. The molecule has 7 nitrogen and oxygen atoms in total. The number of nitrogens with one attached hydrogen (secondary N) is 2. The van der Waals surface area contributed by atoms with Crippen molar-refractivity contribution < 1.29 is 18.5 Å². The number of nitrogens with zero attached hydrogens (tertiary/aromatic N) is 1. The quantitative estimate of drug-likeness (QED) is 0.753. The number of amides is 3. The Labute approximate surface area is 164 Å². The van der Waals surface area contributed by atoms with E-state index >= 15 is 0 Å². The van der Waals surface area contributed by atoms with Gasteiger partial charge in [-0.2, -0.15) is 0 Å². The molecule has 1 aromatic rings. The van der Waals surface area contributed by atoms with Gasteiger partial charge >= 0.3 is 6.03 Å². The maximum atomic E-state index is 13.0. The first-order chi connectivity index (χ1) is 13.5. The van der Waals surface area contributed by atoms with Crippen LogP contribution in [-0.4, -0.2) is 35.1 Å². The highest BCUT2D eigenvalue weighted by Gasteiger charge is 2.47. The Morgan fingerprint density at radius 2 is 1.86 bits per heavy atom. The number of fused-ring (bicyclic) bond motifs is 2. The first-order valence-corrected chi connectivity index (χ1v) is 11.8. The molecule has 28 heavy (non-hydrogen) atoms. The van der Waals surface area contributed by atoms with Crippen LogP contribution in [0.5, 0.6) is 0 Å². The number of anilines is 1. The van der Waals surface area contributed by atoms with Crippen LogP contribution in [-0.2, 0) is 45.1 Å². The van der Waals surface area contributed by atoms with Crippen LogP contribution in [0.25, 0.3) is 0 Å². The topological polar surface area (TPSA) is 96.9 Å². The lowest BCUT2D eigenvalue weighted by Crippen LogP contribution is -2.51. The number of carbonyl (C=O) groups excluding carboxylic acids is 2. The number of urea groups is 1. The summed E-state index contributed by atoms with van der Waals surface area (Å²) in [5.41, 5.74) is 5.31. The van der Waals surface area contributed by atoms with Crippen LogP contribution in [0.4, 0.5) is 10.5 Å². The Kier molecular flexibility index (Phi) is 4.24. The third-order valence-electron chi connectivity index (χ3n) is 6.63. The minimum absolute atomic E-state index is 0.181. The van der Waals surface area contributed by atoms with Crippen molar-refractivity contribution in [3.63, 3.8) is 0 Å². The average molecular weight is 404 g/mol. The molecular weight excluding hydrogens is 378 g/mol. The predicted octanol–water partition coefficient (Wildman–Crippen LogP) is 2.51. The molecule has 2 atom stereocenters. The summed E-state index contributed by atoms with van der Waals surface area (Å²) in [4.78, 5) is 25.2. The molecule has 4 aliphatic rings. The Hall–Kier alpha value is -1.93. The summed E-state index contributed by atoms with van der Waals surface area (Å²) >= 11 is 0. The summed E-state index contributed by atoms with van der Waals surface area (Å²) < 4.78 is 24.8. The number of benzene rings is 1. The van der Waals surface area contributed by atoms with Crippen LogP contribution in [0.15, 0.2) is 10.4 Å². The zero-order valence-electron chi connectivity index (χ0n) is 15.8. The van der Waals surface area contributed by atoms with E-state index < -0.39 is 21.4 Å². The summed E-state index contributed by atoms with van der Waals surface area (Å²) in [5.74, 6) is -0.125. The van der Waals surface area contributed by atoms with Crippen LogP contribution in [0.1, 0.15) is 47.9 Å². The first kappa shape index (κ1) is 18.1. The van der Waals surface area contributed by atoms with Crippen molar-refractivity contribution in [2.75, 3.05) is 24.3 Å². The van der Waals surface area contributed by atoms with Crippen LogP contribution >= 0.6 is 0 Å². The molecule has 5 rings (SSSR count). The predicted molar refractivity (Wildman–Crippen MR) is 106 cm³/mol. The van der Waals surface area contributed by atoms with Gasteiger partial charge in [0.05, 0.1) is 17.8 Å². The molecule has 0 radical (unpaired) electrons. The molecule has 1 aromatic carbocycles. The second-order valence-corrected chi connectivity index (χ2v) is 10.4. The maximum absolute atomic E-state index is 13.0. The molecule has 0 aromatic heterocycles. The van der Waals surface area contributed by atoms with Gasteiger partial charge in [0.2, 0.25) is 5.91 Å². The molecule has 150 valence electrons. The molecule has 2 aliphatic heterocycles. The molecule has 8 heteroatoms. The molecule has 2 unspecified atom stereocenters. The van der Waals surface area contributed by atoms with Gasteiger partial charge in [-0.05, 0) is 73.6 Å². The molecule has 1 spiro atoms. The Bertz CT molecular complexity index is 955. The standard InChI is InChI=1S/C20H25N3O4S/c24-18-20(7-9-27-12-20)8-10-28(26,22-18)23-19(25)21-17-15-5-1-3-13(15)11-14-4-2-6-16(14)17/h11H,1-10,12H2,(H2,21,22,23,24,25,26). The van der Waals surface area contributed by atoms with Crippen LogP contribution in [0.3, 0.4) is 0 Å². The van der Waals surface area contributed by atoms with E-state index in [0.29, 0.717) is 26.1 Å². The summed E-state index contributed by atoms with van der Waals surface area (Å²) in [7, 11) is -3.09. The zero-order chi connectivity index (χ0) is 19.4. The minimum atomic E-state index is -3.09. The maximum Gasteiger partial charge on any atom is 0.354 e. The van der Waals surface area contributed by atoms with E-state index in [9.17, 15) is 13.8 Å². The van der Waals surface area contributed by atoms with Gasteiger partial charge in [-0.1, -0.05) is 6.07 Å². The van der Waals surface area contributed by atoms with Gasteiger partial charge in [-0.3, -0.25) is 9.52 Å². The molecule has 0 saturated carbocycles. The second kappa shape index (κ2) is 6.56. The summed E-state index contributed by atoms with van der Waals surface area (Å²) in [5, 5.41) is 2.93. The van der Waals surface area contributed by atoms with Gasteiger partial charge in [0.1, 0.15) is 9.92 Å². The van der Waals surface area contributed by atoms with Crippen molar-refractivity contribution >= 4 is 27.5 Å². The van der Waals surface area contributed by atoms with E-state index in [0.717, 1.165) is 44.2 Å². The fraction of sp³-hybridized carbons (Fsp3) is 0.600. The molecule has 2 fully saturated rings. The molecule has 3 amide bonds. The fourth-order valence-corrected chi connectivity index (χ4v) is 6.76. The third-order valence-corrected chi connectivity index (χ3v) is 8.35. The average Bonchev–Trinajstić information content (AvgIpc) is 3.39. The number of carbonyl (C=O) groups is 2. The lowest BCUT2D eigenvalue weighted by molar-refractivity contribution is -0.129. The van der Waals surface area contributed by atoms with Crippen molar-refractivity contribution in [2.45, 2.75) is 51.4 Å². The molecule has 0 bridgehead atoms. The van der Waals surface area contributed by atoms with Crippen LogP contribution in [0.2, 0.25) is 0 Å². The molecule has 2 N–H and O–H groups in total. The zero-order valence-corrected chi connectivity index (χ0v) is 16.7. The first-order valence-electron chi connectivity index (χ1n) is 10.1. The van der Waals surface area contributed by atoms with Crippen LogP contribution < -0.4 is 10.0 Å².